The standard InChI is InChI=1S/C4H10O.Na.H/c1-4(2)3-5;;/h4-5H,3H2,1-2H3;;. The van der Waals surface area contributed by atoms with Gasteiger partial charge in [0.15, 0.2) is 0 Å². The van der Waals surface area contributed by atoms with Crippen molar-refractivity contribution in [3.05, 3.63) is 0 Å². The Morgan fingerprint density at radius 1 is 1.50 bits per heavy atom. The van der Waals surface area contributed by atoms with Gasteiger partial charge in [0.1, 0.15) is 0 Å². The van der Waals surface area contributed by atoms with Crippen molar-refractivity contribution in [1.82, 2.24) is 0 Å². The second-order valence-electron chi connectivity index (χ2n) is 1.58. The van der Waals surface area contributed by atoms with Gasteiger partial charge in [0.2, 0.25) is 0 Å². The van der Waals surface area contributed by atoms with Gasteiger partial charge in [-0.25, -0.2) is 0 Å². The van der Waals surface area contributed by atoms with Crippen molar-refractivity contribution in [3.8, 4) is 0 Å². The monoisotopic (exact) mass is 98.1 g/mol. The first-order valence-corrected chi connectivity index (χ1v) is 1.88. The molecule has 0 fully saturated rings. The minimum absolute atomic E-state index is 0. The Hall–Kier alpha value is 0.960. The number of aliphatic hydroxyl groups is 1. The molecule has 6 heavy (non-hydrogen) atoms. The van der Waals surface area contributed by atoms with Crippen LogP contribution in [0.4, 0.5) is 0 Å². The number of hydrogen-bond acceptors (Lipinski definition) is 1. The Bertz CT molecular complexity index is 21.5. The van der Waals surface area contributed by atoms with Gasteiger partial charge in [-0.2, -0.15) is 0 Å². The van der Waals surface area contributed by atoms with Crippen LogP contribution in [0.25, 0.3) is 0 Å². The van der Waals surface area contributed by atoms with Crippen LogP contribution >= 0.6 is 0 Å². The fraction of sp³-hybridized carbons (Fsp3) is 1.00. The molecule has 0 aromatic rings. The van der Waals surface area contributed by atoms with Crippen molar-refractivity contribution in [1.29, 1.82) is 0 Å². The molecule has 0 aliphatic rings. The molecule has 0 saturated heterocycles. The molecule has 0 aliphatic carbocycles. The molecule has 0 amide bonds. The van der Waals surface area contributed by atoms with Crippen molar-refractivity contribution >= 4 is 29.6 Å². The second-order valence-corrected chi connectivity index (χ2v) is 1.58. The Morgan fingerprint density at radius 2 is 1.67 bits per heavy atom. The molecule has 1 nitrogen and oxygen atoms in total. The van der Waals surface area contributed by atoms with Gasteiger partial charge in [0.25, 0.3) is 0 Å². The Kier molecular flexibility index (Phi) is 9.98. The molecule has 0 aromatic carbocycles. The third-order valence-corrected chi connectivity index (χ3v) is 0.365. The summed E-state index contributed by atoms with van der Waals surface area (Å²) in [4.78, 5) is 0. The van der Waals surface area contributed by atoms with E-state index >= 15 is 0 Å². The molecule has 2 heteroatoms. The van der Waals surface area contributed by atoms with E-state index in [4.69, 9.17) is 5.11 Å². The average Bonchev–Trinajstić information content (AvgIpc) is 1.38. The Labute approximate surface area is 61.0 Å². The van der Waals surface area contributed by atoms with Gasteiger partial charge < -0.3 is 5.11 Å². The normalized spacial score (nSPS) is 8.00. The summed E-state index contributed by atoms with van der Waals surface area (Å²) in [6.45, 7) is 4.25. The van der Waals surface area contributed by atoms with E-state index in [1.54, 1.807) is 0 Å². The summed E-state index contributed by atoms with van der Waals surface area (Å²) in [7, 11) is 0. The molecule has 0 unspecified atom stereocenters. The van der Waals surface area contributed by atoms with Gasteiger partial charge >= 0.3 is 29.6 Å². The molecule has 0 aromatic heterocycles. The number of rotatable bonds is 1. The summed E-state index contributed by atoms with van der Waals surface area (Å²) in [5.41, 5.74) is 0. The first kappa shape index (κ1) is 10.0. The van der Waals surface area contributed by atoms with E-state index in [0.29, 0.717) is 12.5 Å². The molecule has 0 saturated carbocycles. The molecule has 0 bridgehead atoms. The summed E-state index contributed by atoms with van der Waals surface area (Å²) in [5, 5.41) is 8.14. The summed E-state index contributed by atoms with van der Waals surface area (Å²) >= 11 is 0. The van der Waals surface area contributed by atoms with Crippen molar-refractivity contribution in [2.24, 2.45) is 5.92 Å². The maximum atomic E-state index is 8.14. The van der Waals surface area contributed by atoms with E-state index in [1.807, 2.05) is 13.8 Å². The third kappa shape index (κ3) is 8.88. The molecule has 0 atom stereocenters. The fourth-order valence-electron chi connectivity index (χ4n) is 0. The van der Waals surface area contributed by atoms with Crippen LogP contribution in [0.3, 0.4) is 0 Å². The predicted octanol–water partition coefficient (Wildman–Crippen LogP) is -0.0138. The van der Waals surface area contributed by atoms with Crippen LogP contribution in [0.5, 0.6) is 0 Å². The molecule has 0 radical (unpaired) electrons. The summed E-state index contributed by atoms with van der Waals surface area (Å²) in [5.74, 6) is 0.440. The van der Waals surface area contributed by atoms with Gasteiger partial charge in [-0.1, -0.05) is 13.8 Å². The summed E-state index contributed by atoms with van der Waals surface area (Å²) in [6.07, 6.45) is 0. The SMILES string of the molecule is CC(C)CO.[NaH]. The second kappa shape index (κ2) is 5.96. The van der Waals surface area contributed by atoms with Gasteiger partial charge in [-0.05, 0) is 5.92 Å². The average molecular weight is 98.1 g/mol. The third-order valence-electron chi connectivity index (χ3n) is 0.365. The van der Waals surface area contributed by atoms with E-state index in [-0.39, 0.29) is 29.6 Å². The molecule has 1 N–H and O–H groups in total. The summed E-state index contributed by atoms with van der Waals surface area (Å²) in [6, 6.07) is 0. The van der Waals surface area contributed by atoms with E-state index < -0.39 is 0 Å². The fourth-order valence-corrected chi connectivity index (χ4v) is 0. The van der Waals surface area contributed by atoms with E-state index in [9.17, 15) is 0 Å². The molecule has 34 valence electrons. The number of aliphatic hydroxyl groups excluding tert-OH is 1. The zero-order valence-corrected chi connectivity index (χ0v) is 3.73. The van der Waals surface area contributed by atoms with Crippen LogP contribution in [0.1, 0.15) is 13.8 Å². The van der Waals surface area contributed by atoms with E-state index in [1.165, 1.54) is 0 Å². The Morgan fingerprint density at radius 3 is 1.67 bits per heavy atom. The van der Waals surface area contributed by atoms with Crippen molar-refractivity contribution < 1.29 is 5.11 Å². The van der Waals surface area contributed by atoms with Crippen LogP contribution < -0.4 is 0 Å². The first-order chi connectivity index (χ1) is 2.27. The van der Waals surface area contributed by atoms with E-state index in [2.05, 4.69) is 0 Å². The van der Waals surface area contributed by atoms with Crippen LogP contribution in [0, 0.1) is 5.92 Å². The predicted molar refractivity (Wildman–Crippen MR) is 29.1 cm³/mol. The van der Waals surface area contributed by atoms with E-state index in [0.717, 1.165) is 0 Å². The Balaban J connectivity index is 0. The molecular formula is C4H11NaO. The minimum atomic E-state index is 0. The van der Waals surface area contributed by atoms with Crippen molar-refractivity contribution in [2.75, 3.05) is 6.61 Å². The zero-order valence-electron chi connectivity index (χ0n) is 3.73. The first-order valence-electron chi connectivity index (χ1n) is 1.88. The van der Waals surface area contributed by atoms with Crippen LogP contribution in [-0.2, 0) is 0 Å². The van der Waals surface area contributed by atoms with Gasteiger partial charge in [0.05, 0.1) is 0 Å². The number of hydrogen-bond donors (Lipinski definition) is 1. The molecular weight excluding hydrogens is 87.0 g/mol. The molecule has 0 heterocycles. The van der Waals surface area contributed by atoms with Crippen molar-refractivity contribution in [3.63, 3.8) is 0 Å². The van der Waals surface area contributed by atoms with Gasteiger partial charge in [-0.3, -0.25) is 0 Å². The van der Waals surface area contributed by atoms with Gasteiger partial charge in [-0.15, -0.1) is 0 Å². The molecule has 0 spiro atoms. The zero-order chi connectivity index (χ0) is 4.28. The van der Waals surface area contributed by atoms with Crippen LogP contribution in [-0.4, -0.2) is 41.3 Å². The maximum absolute atomic E-state index is 8.14. The molecule has 0 rings (SSSR count). The summed E-state index contributed by atoms with van der Waals surface area (Å²) < 4.78 is 0. The van der Waals surface area contributed by atoms with Crippen LogP contribution in [0.2, 0.25) is 0 Å². The van der Waals surface area contributed by atoms with Crippen LogP contribution in [0.15, 0.2) is 0 Å². The quantitative estimate of drug-likeness (QED) is 0.457. The topological polar surface area (TPSA) is 20.2 Å². The van der Waals surface area contributed by atoms with Gasteiger partial charge in [0, 0.05) is 6.61 Å². The molecule has 0 aliphatic heterocycles. The van der Waals surface area contributed by atoms with Crippen molar-refractivity contribution in [2.45, 2.75) is 13.8 Å².